The van der Waals surface area contributed by atoms with Crippen LogP contribution in [0.25, 0.3) is 0 Å². The van der Waals surface area contributed by atoms with Crippen molar-refractivity contribution in [1.82, 2.24) is 0 Å². The van der Waals surface area contributed by atoms with E-state index in [0.717, 1.165) is 8.58 Å². The Bertz CT molecular complexity index is 346. The van der Waals surface area contributed by atoms with Crippen LogP contribution in [-0.2, 0) is 0 Å². The van der Waals surface area contributed by atoms with E-state index in [0.29, 0.717) is 15.9 Å². The van der Waals surface area contributed by atoms with E-state index in [1.54, 1.807) is 30.3 Å². The van der Waals surface area contributed by atoms with Crippen molar-refractivity contribution in [3.63, 3.8) is 0 Å². The van der Waals surface area contributed by atoms with Crippen LogP contribution in [0.2, 0.25) is 0 Å². The highest BCUT2D eigenvalue weighted by Gasteiger charge is 2.19. The van der Waals surface area contributed by atoms with Crippen LogP contribution in [0.1, 0.15) is 51.9 Å². The Morgan fingerprint density at radius 2 is 1.33 bits per heavy atom. The van der Waals surface area contributed by atoms with Crippen LogP contribution in [0.5, 0.6) is 0 Å². The van der Waals surface area contributed by atoms with Gasteiger partial charge in [-0.15, -0.1) is 8.58 Å². The fraction of sp³-hybridized carbons (Fsp3) is 0.533. The minimum atomic E-state index is -0.879. The summed E-state index contributed by atoms with van der Waals surface area (Å²) in [5.74, 6) is -0.879. The van der Waals surface area contributed by atoms with Crippen LogP contribution in [0.4, 0.5) is 0 Å². The lowest BCUT2D eigenvalue weighted by molar-refractivity contribution is 0.0697. The molecule has 0 aliphatic heterocycles. The molecule has 0 heterocycles. The zero-order valence-electron chi connectivity index (χ0n) is 12.2. The molecule has 102 valence electrons. The van der Waals surface area contributed by atoms with E-state index in [1.165, 1.54) is 0 Å². The van der Waals surface area contributed by atoms with Gasteiger partial charge in [0.05, 0.1) is 5.56 Å². The molecular weight excluding hydrogens is 243 g/mol. The number of carboxylic acid groups (broad SMARTS) is 1. The third-order valence-electron chi connectivity index (χ3n) is 1.77. The first kappa shape index (κ1) is 17.1. The average Bonchev–Trinajstić information content (AvgIpc) is 2.14. The molecule has 0 spiro atoms. The molecular formula is C15H25O2P. The molecule has 0 aliphatic carbocycles. The van der Waals surface area contributed by atoms with Gasteiger partial charge in [-0.25, -0.2) is 4.79 Å². The summed E-state index contributed by atoms with van der Waals surface area (Å²) in [5, 5.41) is 9.41. The van der Waals surface area contributed by atoms with Gasteiger partial charge >= 0.3 is 5.97 Å². The van der Waals surface area contributed by atoms with Crippen LogP contribution >= 0.6 is 8.58 Å². The normalized spacial score (nSPS) is 11.4. The second kappa shape index (κ2) is 6.89. The summed E-state index contributed by atoms with van der Waals surface area (Å²) in [6.45, 7) is 13.8. The maximum Gasteiger partial charge on any atom is 0.335 e. The number of carboxylic acids is 1. The lowest BCUT2D eigenvalue weighted by atomic mass is 10.2. The van der Waals surface area contributed by atoms with Crippen molar-refractivity contribution in [2.45, 2.75) is 51.9 Å². The summed E-state index contributed by atoms with van der Waals surface area (Å²) in [7, 11) is 1.05. The molecule has 0 saturated heterocycles. The molecule has 0 radical (unpaired) electrons. The molecule has 0 saturated carbocycles. The Morgan fingerprint density at radius 3 is 1.50 bits per heavy atom. The maximum atomic E-state index is 10.2. The molecule has 1 rings (SSSR count). The van der Waals surface area contributed by atoms with Gasteiger partial charge < -0.3 is 5.11 Å². The van der Waals surface area contributed by atoms with Gasteiger partial charge in [0.15, 0.2) is 0 Å². The minimum Gasteiger partial charge on any atom is -0.478 e. The van der Waals surface area contributed by atoms with Crippen molar-refractivity contribution in [2.24, 2.45) is 0 Å². The second-order valence-electron chi connectivity index (χ2n) is 6.30. The van der Waals surface area contributed by atoms with Gasteiger partial charge in [0.2, 0.25) is 0 Å². The molecule has 0 atom stereocenters. The first-order valence-electron chi connectivity index (χ1n) is 6.09. The molecule has 3 heteroatoms. The summed E-state index contributed by atoms with van der Waals surface area (Å²) < 4.78 is 0. The predicted octanol–water partition coefficient (Wildman–Crippen LogP) is 4.65. The summed E-state index contributed by atoms with van der Waals surface area (Å²) in [4.78, 5) is 10.2. The lowest BCUT2D eigenvalue weighted by Gasteiger charge is -2.28. The van der Waals surface area contributed by atoms with Crippen LogP contribution in [0, 0.1) is 0 Å². The minimum absolute atomic E-state index is 0.331. The smallest absolute Gasteiger partial charge is 0.335 e. The zero-order chi connectivity index (χ0) is 14.4. The highest BCUT2D eigenvalue weighted by atomic mass is 31.1. The molecule has 0 aromatic heterocycles. The monoisotopic (exact) mass is 268 g/mol. The lowest BCUT2D eigenvalue weighted by Crippen LogP contribution is -2.16. The number of hydrogen-bond donors (Lipinski definition) is 1. The van der Waals surface area contributed by atoms with E-state index in [9.17, 15) is 4.79 Å². The number of hydrogen-bond acceptors (Lipinski definition) is 1. The van der Waals surface area contributed by atoms with Crippen LogP contribution < -0.4 is 0 Å². The van der Waals surface area contributed by atoms with Gasteiger partial charge in [0.1, 0.15) is 0 Å². The number of benzene rings is 1. The molecule has 0 amide bonds. The largest absolute Gasteiger partial charge is 0.478 e. The maximum absolute atomic E-state index is 10.2. The number of carbonyl (C=O) groups is 1. The van der Waals surface area contributed by atoms with E-state index in [-0.39, 0.29) is 0 Å². The SMILES string of the molecule is CC(C)(C)PC(C)(C)C.O=C(O)c1ccccc1. The average molecular weight is 268 g/mol. The molecule has 1 N–H and O–H groups in total. The third-order valence-corrected chi connectivity index (χ3v) is 3.27. The molecule has 0 unspecified atom stereocenters. The highest BCUT2D eigenvalue weighted by molar-refractivity contribution is 7.41. The number of rotatable bonds is 1. The molecule has 1 aromatic carbocycles. The fourth-order valence-corrected chi connectivity index (χ4v) is 3.96. The van der Waals surface area contributed by atoms with Crippen molar-refractivity contribution < 1.29 is 9.90 Å². The van der Waals surface area contributed by atoms with E-state index in [2.05, 4.69) is 41.5 Å². The van der Waals surface area contributed by atoms with Crippen molar-refractivity contribution in [1.29, 1.82) is 0 Å². The molecule has 1 aromatic rings. The molecule has 18 heavy (non-hydrogen) atoms. The second-order valence-corrected chi connectivity index (χ2v) is 9.55. The van der Waals surface area contributed by atoms with Gasteiger partial charge in [-0.2, -0.15) is 0 Å². The van der Waals surface area contributed by atoms with Gasteiger partial charge in [-0.1, -0.05) is 59.7 Å². The molecule has 0 fully saturated rings. The van der Waals surface area contributed by atoms with Crippen molar-refractivity contribution >= 4 is 14.6 Å². The predicted molar refractivity (Wildman–Crippen MR) is 81.2 cm³/mol. The first-order chi connectivity index (χ1) is 8.01. The van der Waals surface area contributed by atoms with Gasteiger partial charge in [0.25, 0.3) is 0 Å². The Kier molecular flexibility index (Phi) is 6.56. The van der Waals surface area contributed by atoms with Gasteiger partial charge in [0, 0.05) is 0 Å². The van der Waals surface area contributed by atoms with Gasteiger partial charge in [-0.05, 0) is 22.4 Å². The molecule has 0 bridgehead atoms. The topological polar surface area (TPSA) is 37.3 Å². The summed E-state index contributed by atoms with van der Waals surface area (Å²) in [6.07, 6.45) is 0. The number of aromatic carboxylic acids is 1. The summed E-state index contributed by atoms with van der Waals surface area (Å²) in [6, 6.07) is 8.30. The molecule has 2 nitrogen and oxygen atoms in total. The highest BCUT2D eigenvalue weighted by Crippen LogP contribution is 2.41. The molecule has 0 aliphatic rings. The standard InChI is InChI=1S/C8H19P.C7H6O2/c1-7(2,3)9-8(4,5)6;8-7(9)6-4-2-1-3-5-6/h9H,1-6H3;1-5H,(H,8,9). The Balaban J connectivity index is 0.000000321. The van der Waals surface area contributed by atoms with Crippen molar-refractivity contribution in [2.75, 3.05) is 0 Å². The zero-order valence-corrected chi connectivity index (χ0v) is 13.2. The Morgan fingerprint density at radius 1 is 0.944 bits per heavy atom. The van der Waals surface area contributed by atoms with E-state index in [1.807, 2.05) is 0 Å². The van der Waals surface area contributed by atoms with Crippen LogP contribution in [0.3, 0.4) is 0 Å². The van der Waals surface area contributed by atoms with Crippen LogP contribution in [-0.4, -0.2) is 21.4 Å². The summed E-state index contributed by atoms with van der Waals surface area (Å²) >= 11 is 0. The Hall–Kier alpha value is -0.880. The fourth-order valence-electron chi connectivity index (χ4n) is 1.71. The quantitative estimate of drug-likeness (QED) is 0.753. The van der Waals surface area contributed by atoms with E-state index >= 15 is 0 Å². The van der Waals surface area contributed by atoms with Crippen molar-refractivity contribution in [3.8, 4) is 0 Å². The van der Waals surface area contributed by atoms with E-state index < -0.39 is 5.97 Å². The Labute approximate surface area is 113 Å². The van der Waals surface area contributed by atoms with Crippen LogP contribution in [0.15, 0.2) is 30.3 Å². The first-order valence-corrected chi connectivity index (χ1v) is 7.09. The van der Waals surface area contributed by atoms with Gasteiger partial charge in [-0.3, -0.25) is 0 Å². The summed E-state index contributed by atoms with van der Waals surface area (Å²) in [5.41, 5.74) is 0.331. The third kappa shape index (κ3) is 10.3. The van der Waals surface area contributed by atoms with Crippen molar-refractivity contribution in [3.05, 3.63) is 35.9 Å². The van der Waals surface area contributed by atoms with E-state index in [4.69, 9.17) is 5.11 Å².